The van der Waals surface area contributed by atoms with Crippen molar-refractivity contribution in [1.82, 2.24) is 9.97 Å². The first-order chi connectivity index (χ1) is 20.2. The molecule has 0 radical (unpaired) electrons. The van der Waals surface area contributed by atoms with Crippen LogP contribution in [0.25, 0.3) is 11.4 Å². The van der Waals surface area contributed by atoms with E-state index >= 15 is 0 Å². The second kappa shape index (κ2) is 17.7. The Bertz CT molecular complexity index is 987. The molecule has 1 aromatic carbocycles. The third-order valence-electron chi connectivity index (χ3n) is 9.93. The molecule has 1 heterocycles. The summed E-state index contributed by atoms with van der Waals surface area (Å²) in [7, 11) is 0. The van der Waals surface area contributed by atoms with Crippen LogP contribution in [0.3, 0.4) is 0 Å². The predicted molar refractivity (Wildman–Crippen MR) is 170 cm³/mol. The molecule has 0 N–H and O–H groups in total. The van der Waals surface area contributed by atoms with Crippen LogP contribution in [0, 0.1) is 17.8 Å². The topological polar surface area (TPSA) is 52.1 Å². The number of hydrogen-bond acceptors (Lipinski definition) is 4. The molecule has 4 rings (SSSR count). The zero-order valence-electron chi connectivity index (χ0n) is 26.1. The van der Waals surface area contributed by atoms with Gasteiger partial charge in [0.15, 0.2) is 5.82 Å². The van der Waals surface area contributed by atoms with Gasteiger partial charge in [0, 0.05) is 18.0 Å². The minimum atomic E-state index is -0.0696. The quantitative estimate of drug-likeness (QED) is 0.116. The summed E-state index contributed by atoms with van der Waals surface area (Å²) in [6.07, 6.45) is 30.2. The van der Waals surface area contributed by atoms with Gasteiger partial charge in [0.2, 0.25) is 0 Å². The maximum atomic E-state index is 12.7. The summed E-state index contributed by atoms with van der Waals surface area (Å²) in [6.45, 7) is 4.54. The molecule has 0 aliphatic heterocycles. The summed E-state index contributed by atoms with van der Waals surface area (Å²) in [5, 5.41) is 0. The normalized spacial score (nSPS) is 22.9. The number of rotatable bonds is 16. The van der Waals surface area contributed by atoms with Crippen molar-refractivity contribution in [3.05, 3.63) is 42.2 Å². The molecule has 2 aliphatic carbocycles. The highest BCUT2D eigenvalue weighted by Crippen LogP contribution is 2.38. The van der Waals surface area contributed by atoms with Gasteiger partial charge in [-0.25, -0.2) is 9.97 Å². The van der Waals surface area contributed by atoms with Crippen LogP contribution in [-0.2, 0) is 4.79 Å². The standard InChI is InChI=1S/C37H56N2O2/c1-3-5-7-8-9-10-11-12-14-30-15-19-31(20-16-30)34-27-38-36(39-28-34)32-23-25-35(26-24-32)41-37(40)33-21-17-29(18-22-33)13-6-4-2/h23-31,33H,3-22H2,1-2H3/t29?,30-,31-,33?. The van der Waals surface area contributed by atoms with Crippen LogP contribution in [0.1, 0.15) is 154 Å². The molecule has 4 heteroatoms. The number of esters is 1. The molecule has 1 aromatic heterocycles. The molecule has 41 heavy (non-hydrogen) atoms. The lowest BCUT2D eigenvalue weighted by atomic mass is 9.77. The van der Waals surface area contributed by atoms with E-state index in [1.807, 2.05) is 36.7 Å². The van der Waals surface area contributed by atoms with Crippen LogP contribution < -0.4 is 4.74 Å². The maximum absolute atomic E-state index is 12.7. The van der Waals surface area contributed by atoms with E-state index in [-0.39, 0.29) is 11.9 Å². The molecule has 0 atom stereocenters. The fraction of sp³-hybridized carbons (Fsp3) is 0.703. The van der Waals surface area contributed by atoms with Crippen LogP contribution in [0.15, 0.2) is 36.7 Å². The van der Waals surface area contributed by atoms with E-state index in [0.717, 1.165) is 48.9 Å². The average Bonchev–Trinajstić information content (AvgIpc) is 3.02. The second-order valence-corrected chi connectivity index (χ2v) is 13.1. The second-order valence-electron chi connectivity index (χ2n) is 13.1. The number of nitrogens with zero attached hydrogens (tertiary/aromatic N) is 2. The molecule has 0 unspecified atom stereocenters. The fourth-order valence-electron chi connectivity index (χ4n) is 7.10. The van der Waals surface area contributed by atoms with Crippen molar-refractivity contribution in [2.75, 3.05) is 0 Å². The van der Waals surface area contributed by atoms with Gasteiger partial charge in [-0.1, -0.05) is 90.9 Å². The molecular weight excluding hydrogens is 504 g/mol. The van der Waals surface area contributed by atoms with E-state index in [4.69, 9.17) is 14.7 Å². The lowest BCUT2D eigenvalue weighted by Crippen LogP contribution is -2.25. The molecule has 2 saturated carbocycles. The summed E-state index contributed by atoms with van der Waals surface area (Å²) >= 11 is 0. The number of benzene rings is 1. The Morgan fingerprint density at radius 1 is 0.683 bits per heavy atom. The summed E-state index contributed by atoms with van der Waals surface area (Å²) in [5.74, 6) is 3.64. The minimum absolute atomic E-state index is 0.0450. The van der Waals surface area contributed by atoms with Gasteiger partial charge in [-0.2, -0.15) is 0 Å². The average molecular weight is 561 g/mol. The largest absolute Gasteiger partial charge is 0.426 e. The van der Waals surface area contributed by atoms with Crippen LogP contribution in [0.5, 0.6) is 5.75 Å². The van der Waals surface area contributed by atoms with E-state index in [1.165, 1.54) is 108 Å². The maximum Gasteiger partial charge on any atom is 0.314 e. The van der Waals surface area contributed by atoms with Gasteiger partial charge < -0.3 is 4.74 Å². The molecule has 0 saturated heterocycles. The van der Waals surface area contributed by atoms with E-state index in [9.17, 15) is 4.79 Å². The Balaban J connectivity index is 1.15. The van der Waals surface area contributed by atoms with Crippen molar-refractivity contribution in [2.24, 2.45) is 17.8 Å². The number of aromatic nitrogens is 2. The highest BCUT2D eigenvalue weighted by Gasteiger charge is 2.27. The number of carbonyl (C=O) groups is 1. The number of carbonyl (C=O) groups excluding carboxylic acids is 1. The van der Waals surface area contributed by atoms with Crippen molar-refractivity contribution in [3.8, 4) is 17.1 Å². The van der Waals surface area contributed by atoms with Crippen molar-refractivity contribution in [3.63, 3.8) is 0 Å². The molecule has 0 bridgehead atoms. The van der Waals surface area contributed by atoms with Crippen molar-refractivity contribution in [2.45, 2.75) is 148 Å². The van der Waals surface area contributed by atoms with Crippen LogP contribution >= 0.6 is 0 Å². The molecule has 0 spiro atoms. The first kappa shape index (κ1) is 31.7. The monoisotopic (exact) mass is 560 g/mol. The molecule has 4 nitrogen and oxygen atoms in total. The SMILES string of the molecule is CCCCCCCCCC[C@H]1CC[C@H](c2cnc(-c3ccc(OC(=O)C4CCC(CCCC)CC4)cc3)nc2)CC1. The molecule has 2 aliphatic rings. The third kappa shape index (κ3) is 10.5. The smallest absolute Gasteiger partial charge is 0.314 e. The summed E-state index contributed by atoms with van der Waals surface area (Å²) < 4.78 is 5.74. The van der Waals surface area contributed by atoms with Gasteiger partial charge in [0.1, 0.15) is 5.75 Å². The zero-order chi connectivity index (χ0) is 28.7. The first-order valence-corrected chi connectivity index (χ1v) is 17.3. The van der Waals surface area contributed by atoms with Crippen molar-refractivity contribution in [1.29, 1.82) is 0 Å². The minimum Gasteiger partial charge on any atom is -0.426 e. The van der Waals surface area contributed by atoms with Crippen LogP contribution in [0.4, 0.5) is 0 Å². The van der Waals surface area contributed by atoms with Gasteiger partial charge >= 0.3 is 5.97 Å². The Morgan fingerprint density at radius 2 is 1.22 bits per heavy atom. The van der Waals surface area contributed by atoms with Crippen LogP contribution in [0.2, 0.25) is 0 Å². The lowest BCUT2D eigenvalue weighted by Gasteiger charge is -2.28. The number of ether oxygens (including phenoxy) is 1. The first-order valence-electron chi connectivity index (χ1n) is 17.3. The molecular formula is C37H56N2O2. The van der Waals surface area contributed by atoms with E-state index < -0.39 is 0 Å². The van der Waals surface area contributed by atoms with Gasteiger partial charge in [-0.05, 0) is 98.9 Å². The summed E-state index contributed by atoms with van der Waals surface area (Å²) in [6, 6.07) is 7.70. The zero-order valence-corrected chi connectivity index (χ0v) is 26.1. The van der Waals surface area contributed by atoms with E-state index in [2.05, 4.69) is 13.8 Å². The predicted octanol–water partition coefficient (Wildman–Crippen LogP) is 10.9. The molecule has 226 valence electrons. The third-order valence-corrected chi connectivity index (χ3v) is 9.93. The van der Waals surface area contributed by atoms with Gasteiger partial charge in [0.25, 0.3) is 0 Å². The highest BCUT2D eigenvalue weighted by molar-refractivity contribution is 5.75. The fourth-order valence-corrected chi connectivity index (χ4v) is 7.10. The van der Waals surface area contributed by atoms with Crippen molar-refractivity contribution < 1.29 is 9.53 Å². The highest BCUT2D eigenvalue weighted by atomic mass is 16.5. The Hall–Kier alpha value is -2.23. The number of hydrogen-bond donors (Lipinski definition) is 0. The Morgan fingerprint density at radius 3 is 1.83 bits per heavy atom. The number of unbranched alkanes of at least 4 members (excludes halogenated alkanes) is 8. The summed E-state index contributed by atoms with van der Waals surface area (Å²) in [4.78, 5) is 22.1. The van der Waals surface area contributed by atoms with Crippen molar-refractivity contribution >= 4 is 5.97 Å². The van der Waals surface area contributed by atoms with Crippen LogP contribution in [-0.4, -0.2) is 15.9 Å². The van der Waals surface area contributed by atoms with E-state index in [1.54, 1.807) is 0 Å². The van der Waals surface area contributed by atoms with E-state index in [0.29, 0.717) is 11.7 Å². The van der Waals surface area contributed by atoms with Gasteiger partial charge in [-0.3, -0.25) is 4.79 Å². The lowest BCUT2D eigenvalue weighted by molar-refractivity contribution is -0.140. The summed E-state index contributed by atoms with van der Waals surface area (Å²) in [5.41, 5.74) is 2.25. The van der Waals surface area contributed by atoms with Gasteiger partial charge in [-0.15, -0.1) is 0 Å². The molecule has 2 fully saturated rings. The van der Waals surface area contributed by atoms with Gasteiger partial charge in [0.05, 0.1) is 5.92 Å². The Labute approximate surface area is 250 Å². The molecule has 0 amide bonds. The Kier molecular flexibility index (Phi) is 13.7. The molecule has 2 aromatic rings.